The molecule has 1 aromatic heterocycles. The summed E-state index contributed by atoms with van der Waals surface area (Å²) in [7, 11) is 0. The zero-order chi connectivity index (χ0) is 13.1. The number of hydrogen-bond donors (Lipinski definition) is 1. The fraction of sp³-hybridized carbons (Fsp3) is 0.692. The molecular weight excluding hydrogens is 246 g/mol. The molecule has 1 amide bonds. The molecule has 104 valence electrons. The van der Waals surface area contributed by atoms with Gasteiger partial charge in [0.15, 0.2) is 11.5 Å². The molecule has 1 aliphatic heterocycles. The van der Waals surface area contributed by atoms with E-state index in [1.165, 1.54) is 6.42 Å². The molecule has 1 N–H and O–H groups in total. The van der Waals surface area contributed by atoms with Crippen molar-refractivity contribution in [3.8, 4) is 0 Å². The van der Waals surface area contributed by atoms with E-state index in [2.05, 4.69) is 15.4 Å². The third-order valence-electron chi connectivity index (χ3n) is 3.72. The van der Waals surface area contributed by atoms with Crippen molar-refractivity contribution in [1.82, 2.24) is 15.4 Å². The molecular formula is C13H19N3O3. The molecule has 0 unspecified atom stereocenters. The molecule has 0 aromatic carbocycles. The van der Waals surface area contributed by atoms with E-state index in [-0.39, 0.29) is 5.91 Å². The summed E-state index contributed by atoms with van der Waals surface area (Å²) in [4.78, 5) is 14.1. The Bertz CT molecular complexity index is 436. The number of carbonyl (C=O) groups is 1. The fourth-order valence-electron chi connectivity index (χ4n) is 2.29. The van der Waals surface area contributed by atoms with E-state index in [9.17, 15) is 4.79 Å². The Labute approximate surface area is 112 Å². The average molecular weight is 265 g/mol. The van der Waals surface area contributed by atoms with Crippen molar-refractivity contribution in [2.45, 2.75) is 31.8 Å². The monoisotopic (exact) mass is 265 g/mol. The van der Waals surface area contributed by atoms with Crippen LogP contribution >= 0.6 is 0 Å². The van der Waals surface area contributed by atoms with Gasteiger partial charge in [-0.1, -0.05) is 5.16 Å². The second kappa shape index (κ2) is 5.71. The summed E-state index contributed by atoms with van der Waals surface area (Å²) < 4.78 is 10.5. The number of nitrogens with zero attached hydrogens (tertiary/aromatic N) is 2. The van der Waals surface area contributed by atoms with Crippen LogP contribution in [0.3, 0.4) is 0 Å². The van der Waals surface area contributed by atoms with Gasteiger partial charge in [-0.05, 0) is 19.3 Å². The lowest BCUT2D eigenvalue weighted by molar-refractivity contribution is 0.0305. The zero-order valence-electron chi connectivity index (χ0n) is 10.9. The van der Waals surface area contributed by atoms with Gasteiger partial charge >= 0.3 is 0 Å². The van der Waals surface area contributed by atoms with Gasteiger partial charge in [-0.3, -0.25) is 9.69 Å². The van der Waals surface area contributed by atoms with Crippen molar-refractivity contribution in [3.05, 3.63) is 17.5 Å². The number of hydrogen-bond acceptors (Lipinski definition) is 5. The molecule has 2 heterocycles. The Hall–Kier alpha value is -1.40. The summed E-state index contributed by atoms with van der Waals surface area (Å²) in [6.45, 7) is 3.98. The number of morpholine rings is 1. The highest BCUT2D eigenvalue weighted by Gasteiger charge is 2.22. The van der Waals surface area contributed by atoms with Crippen LogP contribution in [0.25, 0.3) is 0 Å². The summed E-state index contributed by atoms with van der Waals surface area (Å²) in [6, 6.07) is 2.07. The first-order valence-electron chi connectivity index (χ1n) is 6.88. The fourth-order valence-corrected chi connectivity index (χ4v) is 2.29. The van der Waals surface area contributed by atoms with Crippen LogP contribution in [0, 0.1) is 0 Å². The highest BCUT2D eigenvalue weighted by molar-refractivity contribution is 5.92. The molecule has 0 atom stereocenters. The molecule has 0 radical (unpaired) electrons. The van der Waals surface area contributed by atoms with E-state index in [0.717, 1.165) is 44.9 Å². The van der Waals surface area contributed by atoms with Crippen molar-refractivity contribution >= 4 is 5.91 Å². The lowest BCUT2D eigenvalue weighted by Crippen LogP contribution is -2.39. The molecule has 6 nitrogen and oxygen atoms in total. The SMILES string of the molecule is O=C(NC1CCC1)c1cc(CN2CCOCC2)on1. The lowest BCUT2D eigenvalue weighted by Gasteiger charge is -2.25. The predicted molar refractivity (Wildman–Crippen MR) is 67.7 cm³/mol. The number of aromatic nitrogens is 1. The maximum atomic E-state index is 11.9. The van der Waals surface area contributed by atoms with Crippen LogP contribution in [0.15, 0.2) is 10.6 Å². The number of ether oxygens (including phenoxy) is 1. The van der Waals surface area contributed by atoms with Gasteiger partial charge in [-0.15, -0.1) is 0 Å². The highest BCUT2D eigenvalue weighted by atomic mass is 16.5. The average Bonchev–Trinajstić information content (AvgIpc) is 2.83. The van der Waals surface area contributed by atoms with E-state index in [1.54, 1.807) is 6.07 Å². The van der Waals surface area contributed by atoms with E-state index >= 15 is 0 Å². The summed E-state index contributed by atoms with van der Waals surface area (Å²) in [6.07, 6.45) is 3.35. The Balaban J connectivity index is 1.54. The lowest BCUT2D eigenvalue weighted by atomic mass is 9.93. The van der Waals surface area contributed by atoms with Crippen LogP contribution in [0.1, 0.15) is 35.5 Å². The number of amides is 1. The van der Waals surface area contributed by atoms with E-state index in [0.29, 0.717) is 18.3 Å². The van der Waals surface area contributed by atoms with Crippen LogP contribution in [-0.4, -0.2) is 48.3 Å². The first-order chi connectivity index (χ1) is 9.31. The van der Waals surface area contributed by atoms with Gasteiger partial charge in [0.05, 0.1) is 19.8 Å². The number of carbonyl (C=O) groups excluding carboxylic acids is 1. The Kier molecular flexibility index (Phi) is 3.79. The molecule has 3 rings (SSSR count). The van der Waals surface area contributed by atoms with Crippen molar-refractivity contribution < 1.29 is 14.1 Å². The molecule has 2 fully saturated rings. The van der Waals surface area contributed by atoms with Crippen molar-refractivity contribution in [2.24, 2.45) is 0 Å². The molecule has 1 aromatic rings. The molecule has 0 bridgehead atoms. The van der Waals surface area contributed by atoms with Gasteiger partial charge < -0.3 is 14.6 Å². The Morgan fingerprint density at radius 1 is 1.42 bits per heavy atom. The maximum Gasteiger partial charge on any atom is 0.273 e. The second-order valence-corrected chi connectivity index (χ2v) is 5.17. The van der Waals surface area contributed by atoms with Gasteiger partial charge in [0.25, 0.3) is 5.91 Å². The van der Waals surface area contributed by atoms with Crippen molar-refractivity contribution in [1.29, 1.82) is 0 Å². The second-order valence-electron chi connectivity index (χ2n) is 5.17. The van der Waals surface area contributed by atoms with Crippen LogP contribution in [0.4, 0.5) is 0 Å². The van der Waals surface area contributed by atoms with E-state index in [1.807, 2.05) is 0 Å². The minimum absolute atomic E-state index is 0.123. The minimum atomic E-state index is -0.123. The van der Waals surface area contributed by atoms with Crippen LogP contribution < -0.4 is 5.32 Å². The summed E-state index contributed by atoms with van der Waals surface area (Å²) in [5.41, 5.74) is 0.384. The molecule has 1 saturated heterocycles. The third kappa shape index (κ3) is 3.13. The summed E-state index contributed by atoms with van der Waals surface area (Å²) in [5, 5.41) is 6.80. The predicted octanol–water partition coefficient (Wildman–Crippen LogP) is 0.789. The van der Waals surface area contributed by atoms with Crippen molar-refractivity contribution in [3.63, 3.8) is 0 Å². The summed E-state index contributed by atoms with van der Waals surface area (Å²) >= 11 is 0. The normalized spacial score (nSPS) is 21.1. The molecule has 6 heteroatoms. The van der Waals surface area contributed by atoms with Gasteiger partial charge in [0, 0.05) is 25.2 Å². The molecule has 1 aliphatic carbocycles. The van der Waals surface area contributed by atoms with E-state index < -0.39 is 0 Å². The first-order valence-corrected chi connectivity index (χ1v) is 6.88. The molecule has 0 spiro atoms. The molecule has 2 aliphatic rings. The standard InChI is InChI=1S/C13H19N3O3/c17-13(14-10-2-1-3-10)12-8-11(19-15-12)9-16-4-6-18-7-5-16/h8,10H,1-7,9H2,(H,14,17). The number of rotatable bonds is 4. The largest absolute Gasteiger partial charge is 0.379 e. The van der Waals surface area contributed by atoms with Crippen LogP contribution in [-0.2, 0) is 11.3 Å². The smallest absolute Gasteiger partial charge is 0.273 e. The molecule has 19 heavy (non-hydrogen) atoms. The summed E-state index contributed by atoms with van der Waals surface area (Å²) in [5.74, 6) is 0.613. The highest BCUT2D eigenvalue weighted by Crippen LogP contribution is 2.18. The maximum absolute atomic E-state index is 11.9. The molecule has 1 saturated carbocycles. The Morgan fingerprint density at radius 3 is 2.89 bits per heavy atom. The topological polar surface area (TPSA) is 67.6 Å². The third-order valence-corrected chi connectivity index (χ3v) is 3.72. The minimum Gasteiger partial charge on any atom is -0.379 e. The van der Waals surface area contributed by atoms with Gasteiger partial charge in [0.1, 0.15) is 0 Å². The van der Waals surface area contributed by atoms with E-state index in [4.69, 9.17) is 9.26 Å². The van der Waals surface area contributed by atoms with Gasteiger partial charge in [0.2, 0.25) is 0 Å². The van der Waals surface area contributed by atoms with Gasteiger partial charge in [-0.2, -0.15) is 0 Å². The first kappa shape index (κ1) is 12.6. The number of nitrogens with one attached hydrogen (secondary N) is 1. The van der Waals surface area contributed by atoms with Crippen LogP contribution in [0.5, 0.6) is 0 Å². The van der Waals surface area contributed by atoms with Gasteiger partial charge in [-0.25, -0.2) is 0 Å². The quantitative estimate of drug-likeness (QED) is 0.871. The van der Waals surface area contributed by atoms with Crippen molar-refractivity contribution in [2.75, 3.05) is 26.3 Å². The zero-order valence-corrected chi connectivity index (χ0v) is 10.9. The Morgan fingerprint density at radius 2 is 2.21 bits per heavy atom. The van der Waals surface area contributed by atoms with Crippen LogP contribution in [0.2, 0.25) is 0 Å².